The van der Waals surface area contributed by atoms with Gasteiger partial charge in [0.05, 0.1) is 11.9 Å². The summed E-state index contributed by atoms with van der Waals surface area (Å²) in [5.74, 6) is -0.0383. The Hall–Kier alpha value is -1.67. The molecule has 1 amide bonds. The van der Waals surface area contributed by atoms with E-state index in [1.54, 1.807) is 0 Å². The largest absolute Gasteiger partial charge is 0.354 e. The summed E-state index contributed by atoms with van der Waals surface area (Å²) in [6.45, 7) is 7.42. The van der Waals surface area contributed by atoms with Gasteiger partial charge in [-0.05, 0) is 76.0 Å². The smallest absolute Gasteiger partial charge is 0.243 e. The van der Waals surface area contributed by atoms with E-state index < -0.39 is 21.9 Å². The van der Waals surface area contributed by atoms with E-state index >= 15 is 0 Å². The normalized spacial score (nSPS) is 17.5. The van der Waals surface area contributed by atoms with E-state index in [9.17, 15) is 17.6 Å². The van der Waals surface area contributed by atoms with Crippen molar-refractivity contribution in [2.24, 2.45) is 5.92 Å². The quantitative estimate of drug-likeness (QED) is 0.681. The zero-order valence-electron chi connectivity index (χ0n) is 16.3. The second-order valence-corrected chi connectivity index (χ2v) is 9.24. The van der Waals surface area contributed by atoms with Crippen LogP contribution in [0.4, 0.5) is 10.1 Å². The summed E-state index contributed by atoms with van der Waals surface area (Å²) in [4.78, 5) is 14.9. The Morgan fingerprint density at radius 2 is 1.89 bits per heavy atom. The van der Waals surface area contributed by atoms with E-state index in [0.29, 0.717) is 6.54 Å². The molecule has 1 aromatic rings. The minimum Gasteiger partial charge on any atom is -0.354 e. The van der Waals surface area contributed by atoms with Gasteiger partial charge in [-0.3, -0.25) is 9.10 Å². The van der Waals surface area contributed by atoms with Crippen molar-refractivity contribution in [2.75, 3.05) is 36.7 Å². The number of halogens is 1. The highest BCUT2D eigenvalue weighted by Gasteiger charge is 2.29. The molecule has 1 aromatic carbocycles. The summed E-state index contributed by atoms with van der Waals surface area (Å²) in [5.41, 5.74) is 0.268. The first-order valence-electron chi connectivity index (χ1n) is 9.43. The zero-order valence-corrected chi connectivity index (χ0v) is 17.1. The molecule has 1 saturated heterocycles. The minimum absolute atomic E-state index is 0.268. The first-order valence-corrected chi connectivity index (χ1v) is 11.3. The average molecular weight is 400 g/mol. The monoisotopic (exact) mass is 399 g/mol. The number of sulfonamides is 1. The van der Waals surface area contributed by atoms with Crippen molar-refractivity contribution in [1.29, 1.82) is 0 Å². The summed E-state index contributed by atoms with van der Waals surface area (Å²) < 4.78 is 38.5. The lowest BCUT2D eigenvalue weighted by molar-refractivity contribution is -0.121. The van der Waals surface area contributed by atoms with Crippen molar-refractivity contribution in [3.63, 3.8) is 0 Å². The number of hydrogen-bond donors (Lipinski definition) is 1. The molecular weight excluding hydrogens is 369 g/mol. The molecule has 6 nitrogen and oxygen atoms in total. The summed E-state index contributed by atoms with van der Waals surface area (Å²) in [6, 6.07) is 4.16. The predicted octanol–water partition coefficient (Wildman–Crippen LogP) is 2.22. The number of anilines is 1. The SMILES string of the molecule is CC1CCN(CCCNC(=O)[C@H](C)N(c2ccc(F)cc2)S(C)(=O)=O)CC1. The fraction of sp³-hybridized carbons (Fsp3) is 0.632. The molecule has 8 heteroatoms. The van der Waals surface area contributed by atoms with Crippen LogP contribution >= 0.6 is 0 Å². The number of nitrogens with one attached hydrogen (secondary N) is 1. The van der Waals surface area contributed by atoms with Crippen LogP contribution in [0.5, 0.6) is 0 Å². The summed E-state index contributed by atoms with van der Waals surface area (Å²) in [7, 11) is -3.69. The van der Waals surface area contributed by atoms with Gasteiger partial charge in [0.1, 0.15) is 11.9 Å². The number of carbonyl (C=O) groups is 1. The molecule has 1 N–H and O–H groups in total. The lowest BCUT2D eigenvalue weighted by Gasteiger charge is -2.30. The second-order valence-electron chi connectivity index (χ2n) is 7.38. The molecule has 1 heterocycles. The third kappa shape index (κ3) is 6.46. The van der Waals surface area contributed by atoms with E-state index in [2.05, 4.69) is 17.1 Å². The Bertz CT molecular complexity index is 716. The van der Waals surface area contributed by atoms with Crippen LogP contribution in [0.15, 0.2) is 24.3 Å². The maximum atomic E-state index is 13.1. The predicted molar refractivity (Wildman–Crippen MR) is 106 cm³/mol. The first-order chi connectivity index (χ1) is 12.7. The van der Waals surface area contributed by atoms with E-state index in [-0.39, 0.29) is 11.6 Å². The molecule has 2 rings (SSSR count). The van der Waals surface area contributed by atoms with Crippen LogP contribution in [0.3, 0.4) is 0 Å². The number of benzene rings is 1. The van der Waals surface area contributed by atoms with Gasteiger partial charge >= 0.3 is 0 Å². The maximum absolute atomic E-state index is 13.1. The molecule has 1 fully saturated rings. The minimum atomic E-state index is -3.69. The van der Waals surface area contributed by atoms with Gasteiger partial charge in [-0.1, -0.05) is 6.92 Å². The van der Waals surface area contributed by atoms with Gasteiger partial charge in [-0.2, -0.15) is 0 Å². The summed E-state index contributed by atoms with van der Waals surface area (Å²) in [6.07, 6.45) is 4.29. The van der Waals surface area contributed by atoms with Crippen molar-refractivity contribution in [1.82, 2.24) is 10.2 Å². The van der Waals surface area contributed by atoms with Gasteiger partial charge in [0.2, 0.25) is 15.9 Å². The molecule has 0 bridgehead atoms. The molecule has 1 aliphatic rings. The molecule has 0 spiro atoms. The Kier molecular flexibility index (Phi) is 7.61. The van der Waals surface area contributed by atoms with Crippen LogP contribution in [-0.4, -0.2) is 57.7 Å². The Morgan fingerprint density at radius 1 is 1.30 bits per heavy atom. The molecule has 27 heavy (non-hydrogen) atoms. The van der Waals surface area contributed by atoms with Crippen LogP contribution < -0.4 is 9.62 Å². The molecule has 0 radical (unpaired) electrons. The van der Waals surface area contributed by atoms with Gasteiger partial charge in [0.15, 0.2) is 0 Å². The van der Waals surface area contributed by atoms with Crippen LogP contribution in [0.2, 0.25) is 0 Å². The highest BCUT2D eigenvalue weighted by Crippen LogP contribution is 2.21. The number of nitrogens with zero attached hydrogens (tertiary/aromatic N) is 2. The second kappa shape index (κ2) is 9.50. The lowest BCUT2D eigenvalue weighted by atomic mass is 9.99. The average Bonchev–Trinajstić information content (AvgIpc) is 2.60. The third-order valence-corrected chi connectivity index (χ3v) is 6.24. The molecule has 0 aliphatic carbocycles. The van der Waals surface area contributed by atoms with Crippen LogP contribution in [0.25, 0.3) is 0 Å². The van der Waals surface area contributed by atoms with E-state index in [1.165, 1.54) is 44.0 Å². The maximum Gasteiger partial charge on any atom is 0.243 e. The van der Waals surface area contributed by atoms with Crippen molar-refractivity contribution >= 4 is 21.6 Å². The highest BCUT2D eigenvalue weighted by molar-refractivity contribution is 7.92. The van der Waals surface area contributed by atoms with Crippen LogP contribution in [0, 0.1) is 11.7 Å². The van der Waals surface area contributed by atoms with Gasteiger partial charge < -0.3 is 10.2 Å². The topological polar surface area (TPSA) is 69.7 Å². The van der Waals surface area contributed by atoms with Crippen molar-refractivity contribution in [2.45, 2.75) is 39.2 Å². The molecule has 0 unspecified atom stereocenters. The van der Waals surface area contributed by atoms with Crippen LogP contribution in [0.1, 0.15) is 33.1 Å². The lowest BCUT2D eigenvalue weighted by Crippen LogP contribution is -2.48. The summed E-state index contributed by atoms with van der Waals surface area (Å²) >= 11 is 0. The number of piperidine rings is 1. The van der Waals surface area contributed by atoms with Gasteiger partial charge in [0.25, 0.3) is 0 Å². The molecular formula is C19H30FN3O3S. The van der Waals surface area contributed by atoms with E-state index in [0.717, 1.165) is 42.5 Å². The number of amides is 1. The molecule has 1 atom stereocenters. The van der Waals surface area contributed by atoms with Crippen molar-refractivity contribution in [3.8, 4) is 0 Å². The van der Waals surface area contributed by atoms with Crippen molar-refractivity contribution in [3.05, 3.63) is 30.1 Å². The van der Waals surface area contributed by atoms with E-state index in [1.807, 2.05) is 0 Å². The van der Waals surface area contributed by atoms with E-state index in [4.69, 9.17) is 0 Å². The Morgan fingerprint density at radius 3 is 2.44 bits per heavy atom. The fourth-order valence-corrected chi connectivity index (χ4v) is 4.52. The number of rotatable bonds is 8. The van der Waals surface area contributed by atoms with Crippen molar-refractivity contribution < 1.29 is 17.6 Å². The first kappa shape index (κ1) is 21.6. The fourth-order valence-electron chi connectivity index (χ4n) is 3.34. The molecule has 0 aromatic heterocycles. The zero-order chi connectivity index (χ0) is 20.0. The van der Waals surface area contributed by atoms with Crippen LogP contribution in [-0.2, 0) is 14.8 Å². The Labute approximate surface area is 161 Å². The van der Waals surface area contributed by atoms with Gasteiger partial charge in [-0.25, -0.2) is 12.8 Å². The van der Waals surface area contributed by atoms with Gasteiger partial charge in [0, 0.05) is 6.54 Å². The molecule has 1 aliphatic heterocycles. The number of hydrogen-bond acceptors (Lipinski definition) is 4. The highest BCUT2D eigenvalue weighted by atomic mass is 32.2. The third-order valence-electron chi connectivity index (χ3n) is 5.00. The number of carbonyl (C=O) groups excluding carboxylic acids is 1. The van der Waals surface area contributed by atoms with Gasteiger partial charge in [-0.15, -0.1) is 0 Å². The molecule has 152 valence electrons. The standard InChI is InChI=1S/C19H30FN3O3S/c1-15-9-13-22(14-10-15)12-4-11-21-19(24)16(2)23(27(3,25)26)18-7-5-17(20)6-8-18/h5-8,15-16H,4,9-14H2,1-3H3,(H,21,24)/t16-/m0/s1. The molecule has 0 saturated carbocycles. The Balaban J connectivity index is 1.88. The summed E-state index contributed by atoms with van der Waals surface area (Å²) in [5, 5.41) is 2.82. The number of likely N-dealkylation sites (tertiary alicyclic amines) is 1.